The van der Waals surface area contributed by atoms with Crippen molar-refractivity contribution in [2.24, 2.45) is 0 Å². The average Bonchev–Trinajstić information content (AvgIpc) is 2.53. The highest BCUT2D eigenvalue weighted by Crippen LogP contribution is 2.28. The molecule has 23 heavy (non-hydrogen) atoms. The Hall–Kier alpha value is -3.05. The van der Waals surface area contributed by atoms with Crippen LogP contribution in [-0.4, -0.2) is 18.3 Å². The Morgan fingerprint density at radius 2 is 1.57 bits per heavy atom. The van der Waals surface area contributed by atoms with Crippen LogP contribution in [0, 0.1) is 20.2 Å². The van der Waals surface area contributed by atoms with Gasteiger partial charge in [-0.3, -0.25) is 20.2 Å². The summed E-state index contributed by atoms with van der Waals surface area (Å²) >= 11 is 0. The van der Waals surface area contributed by atoms with Gasteiger partial charge in [0.05, 0.1) is 20.8 Å². The largest absolute Gasteiger partial charge is 0.302 e. The zero-order chi connectivity index (χ0) is 17.0. The van der Waals surface area contributed by atoms with E-state index >= 15 is 0 Å². The summed E-state index contributed by atoms with van der Waals surface area (Å²) in [5.41, 5.74) is 0.867. The van der Waals surface area contributed by atoms with Gasteiger partial charge in [0.15, 0.2) is 0 Å². The van der Waals surface area contributed by atoms with Crippen LogP contribution in [0.2, 0.25) is 0 Å². The molecule has 0 radical (unpaired) electrons. The zero-order valence-corrected chi connectivity index (χ0v) is 12.2. The number of nitrogens with zero attached hydrogens (tertiary/aromatic N) is 2. The monoisotopic (exact) mass is 338 g/mol. The first-order valence-electron chi connectivity index (χ1n) is 6.07. The number of nitro groups is 2. The second kappa shape index (κ2) is 6.37. The summed E-state index contributed by atoms with van der Waals surface area (Å²) in [5, 5.41) is 21.6. The van der Waals surface area contributed by atoms with E-state index in [-0.39, 0.29) is 10.6 Å². The Balaban J connectivity index is 2.27. The Morgan fingerprint density at radius 1 is 0.913 bits per heavy atom. The third-order valence-electron chi connectivity index (χ3n) is 2.76. The normalized spacial score (nSPS) is 11.0. The van der Waals surface area contributed by atoms with Gasteiger partial charge in [-0.25, -0.2) is 8.42 Å². The number of rotatable bonds is 6. The van der Waals surface area contributed by atoms with Gasteiger partial charge in [0.2, 0.25) is 0 Å². The molecule has 0 aromatic heterocycles. The van der Waals surface area contributed by atoms with Gasteiger partial charge in [0.25, 0.3) is 15.7 Å². The molecular weight excluding hydrogens is 328 g/mol. The molecule has 0 aliphatic rings. The van der Waals surface area contributed by atoms with E-state index in [4.69, 9.17) is 0 Å². The lowest BCUT2D eigenvalue weighted by Gasteiger charge is -2.09. The molecule has 10 nitrogen and oxygen atoms in total. The molecule has 0 heterocycles. The van der Waals surface area contributed by atoms with Crippen LogP contribution in [0.4, 0.5) is 17.1 Å². The summed E-state index contributed by atoms with van der Waals surface area (Å²) in [6.45, 7) is 0. The molecule has 0 amide bonds. The van der Waals surface area contributed by atoms with Crippen molar-refractivity contribution in [2.45, 2.75) is 4.90 Å². The van der Waals surface area contributed by atoms with E-state index in [0.717, 1.165) is 18.2 Å². The molecule has 0 aliphatic heterocycles. The predicted octanol–water partition coefficient (Wildman–Crippen LogP) is 1.81. The van der Waals surface area contributed by atoms with Gasteiger partial charge < -0.3 is 5.43 Å². The SMILES string of the molecule is O=[N+]([O-])c1ccc(NNS(=O)(=O)c2ccccc2)c([N+](=O)[O-])c1. The van der Waals surface area contributed by atoms with Crippen LogP contribution in [-0.2, 0) is 10.0 Å². The maximum atomic E-state index is 12.0. The van der Waals surface area contributed by atoms with Crippen molar-refractivity contribution in [3.63, 3.8) is 0 Å². The van der Waals surface area contributed by atoms with Crippen molar-refractivity contribution in [3.8, 4) is 0 Å². The topological polar surface area (TPSA) is 144 Å². The van der Waals surface area contributed by atoms with Gasteiger partial charge in [0, 0.05) is 6.07 Å². The minimum absolute atomic E-state index is 0.0444. The molecule has 2 rings (SSSR count). The Kier molecular flexibility index (Phi) is 4.52. The van der Waals surface area contributed by atoms with E-state index in [1.54, 1.807) is 6.07 Å². The summed E-state index contributed by atoms with van der Waals surface area (Å²) in [6.07, 6.45) is 0. The fourth-order valence-electron chi connectivity index (χ4n) is 1.67. The number of hydrazine groups is 1. The molecule has 0 aliphatic carbocycles. The highest BCUT2D eigenvalue weighted by molar-refractivity contribution is 7.89. The smallest absolute Gasteiger partial charge is 0.300 e. The predicted molar refractivity (Wildman–Crippen MR) is 80.1 cm³/mol. The summed E-state index contributed by atoms with van der Waals surface area (Å²) in [4.78, 5) is 21.9. The van der Waals surface area contributed by atoms with Crippen molar-refractivity contribution in [1.29, 1.82) is 0 Å². The molecule has 0 fully saturated rings. The number of anilines is 1. The molecular formula is C12H10N4O6S. The van der Waals surface area contributed by atoms with Crippen molar-refractivity contribution < 1.29 is 18.3 Å². The van der Waals surface area contributed by atoms with Gasteiger partial charge in [-0.2, -0.15) is 0 Å². The fraction of sp³-hybridized carbons (Fsp3) is 0. The van der Waals surface area contributed by atoms with Crippen molar-refractivity contribution >= 4 is 27.1 Å². The zero-order valence-electron chi connectivity index (χ0n) is 11.4. The summed E-state index contributed by atoms with van der Waals surface area (Å²) in [6, 6.07) is 10.1. The third kappa shape index (κ3) is 3.78. The lowest BCUT2D eigenvalue weighted by atomic mass is 10.2. The minimum Gasteiger partial charge on any atom is -0.302 e. The van der Waals surface area contributed by atoms with Crippen molar-refractivity contribution in [1.82, 2.24) is 4.83 Å². The van der Waals surface area contributed by atoms with Crippen LogP contribution in [0.15, 0.2) is 53.4 Å². The Morgan fingerprint density at radius 3 is 2.13 bits per heavy atom. The summed E-state index contributed by atoms with van der Waals surface area (Å²) in [5.74, 6) is 0. The van der Waals surface area contributed by atoms with Gasteiger partial charge >= 0.3 is 5.69 Å². The third-order valence-corrected chi connectivity index (χ3v) is 4.03. The molecule has 2 aromatic carbocycles. The van der Waals surface area contributed by atoms with Gasteiger partial charge in [-0.15, -0.1) is 4.83 Å². The first-order valence-corrected chi connectivity index (χ1v) is 7.55. The highest BCUT2D eigenvalue weighted by atomic mass is 32.2. The maximum absolute atomic E-state index is 12.0. The fourth-order valence-corrected chi connectivity index (χ4v) is 2.55. The van der Waals surface area contributed by atoms with Crippen molar-refractivity contribution in [3.05, 3.63) is 68.8 Å². The number of benzene rings is 2. The lowest BCUT2D eigenvalue weighted by Crippen LogP contribution is -2.29. The summed E-state index contributed by atoms with van der Waals surface area (Å²) in [7, 11) is -3.94. The molecule has 0 saturated heterocycles. The van der Waals surface area contributed by atoms with Crippen LogP contribution in [0.1, 0.15) is 0 Å². The van der Waals surface area contributed by atoms with Crippen LogP contribution < -0.4 is 10.3 Å². The molecule has 120 valence electrons. The first kappa shape index (κ1) is 16.3. The molecule has 0 bridgehead atoms. The van der Waals surface area contributed by atoms with Gasteiger partial charge in [-0.1, -0.05) is 18.2 Å². The maximum Gasteiger partial charge on any atom is 0.300 e. The standard InChI is InChI=1S/C12H10N4O6S/c17-15(18)9-6-7-11(12(8-9)16(19)20)13-14-23(21,22)10-4-2-1-3-5-10/h1-8,13-14H. The van der Waals surface area contributed by atoms with E-state index in [2.05, 4.69) is 5.43 Å². The number of non-ortho nitro benzene ring substituents is 1. The number of hydrogen-bond acceptors (Lipinski definition) is 7. The molecule has 2 aromatic rings. The molecule has 2 N–H and O–H groups in total. The van der Waals surface area contributed by atoms with E-state index in [0.29, 0.717) is 0 Å². The van der Waals surface area contributed by atoms with E-state index < -0.39 is 31.2 Å². The minimum atomic E-state index is -3.94. The van der Waals surface area contributed by atoms with Crippen LogP contribution in [0.5, 0.6) is 0 Å². The molecule has 0 spiro atoms. The number of nitro benzene ring substituents is 2. The molecule has 0 unspecified atom stereocenters. The summed E-state index contributed by atoms with van der Waals surface area (Å²) < 4.78 is 24.0. The van der Waals surface area contributed by atoms with Gasteiger partial charge in [0.1, 0.15) is 5.69 Å². The number of hydrogen-bond donors (Lipinski definition) is 2. The van der Waals surface area contributed by atoms with E-state index in [1.165, 1.54) is 24.3 Å². The second-order valence-electron chi connectivity index (χ2n) is 4.26. The second-order valence-corrected chi connectivity index (χ2v) is 5.94. The van der Waals surface area contributed by atoms with E-state index in [9.17, 15) is 28.6 Å². The lowest BCUT2D eigenvalue weighted by molar-refractivity contribution is -0.393. The molecule has 11 heteroatoms. The van der Waals surface area contributed by atoms with E-state index in [1.807, 2.05) is 4.83 Å². The Labute approximate surface area is 130 Å². The van der Waals surface area contributed by atoms with Crippen LogP contribution >= 0.6 is 0 Å². The van der Waals surface area contributed by atoms with Crippen molar-refractivity contribution in [2.75, 3.05) is 5.43 Å². The molecule has 0 atom stereocenters. The number of sulfonamides is 1. The number of nitrogens with one attached hydrogen (secondary N) is 2. The highest BCUT2D eigenvalue weighted by Gasteiger charge is 2.21. The van der Waals surface area contributed by atoms with Crippen LogP contribution in [0.25, 0.3) is 0 Å². The molecule has 0 saturated carbocycles. The quantitative estimate of drug-likeness (QED) is 0.603. The average molecular weight is 338 g/mol. The first-order chi connectivity index (χ1) is 10.8. The van der Waals surface area contributed by atoms with Gasteiger partial charge in [-0.05, 0) is 18.2 Å². The van der Waals surface area contributed by atoms with Crippen LogP contribution in [0.3, 0.4) is 0 Å². The Bertz CT molecular complexity index is 853.